The van der Waals surface area contributed by atoms with E-state index in [9.17, 15) is 4.79 Å². The van der Waals surface area contributed by atoms with Crippen LogP contribution in [0.25, 0.3) is 0 Å². The zero-order valence-electron chi connectivity index (χ0n) is 17.6. The number of fused-ring (bicyclic) bond motifs is 1. The highest BCUT2D eigenvalue weighted by Crippen LogP contribution is 2.32. The summed E-state index contributed by atoms with van der Waals surface area (Å²) in [5.41, 5.74) is 1.44. The predicted octanol–water partition coefficient (Wildman–Crippen LogP) is 3.20. The van der Waals surface area contributed by atoms with E-state index in [1.165, 1.54) is 0 Å². The third kappa shape index (κ3) is 5.33. The van der Waals surface area contributed by atoms with Crippen molar-refractivity contribution in [3.05, 3.63) is 70.3 Å². The second-order valence-corrected chi connectivity index (χ2v) is 7.41. The van der Waals surface area contributed by atoms with Gasteiger partial charge >= 0.3 is 0 Å². The second-order valence-electron chi connectivity index (χ2n) is 7.41. The Kier molecular flexibility index (Phi) is 6.66. The number of nitrogens with zero attached hydrogens (tertiary/aromatic N) is 3. The average Bonchev–Trinajstić information content (AvgIpc) is 3.26. The van der Waals surface area contributed by atoms with Crippen LogP contribution in [-0.2, 0) is 6.42 Å². The van der Waals surface area contributed by atoms with E-state index in [0.29, 0.717) is 30.2 Å². The summed E-state index contributed by atoms with van der Waals surface area (Å²) in [5.74, 6) is 2.92. The van der Waals surface area contributed by atoms with E-state index in [-0.39, 0.29) is 12.4 Å². The summed E-state index contributed by atoms with van der Waals surface area (Å²) in [6.07, 6.45) is 5.89. The highest BCUT2D eigenvalue weighted by atomic mass is 16.7. The molecular formula is C23H27N5O3. The number of rotatable bonds is 10. The van der Waals surface area contributed by atoms with E-state index in [1.54, 1.807) is 6.20 Å². The van der Waals surface area contributed by atoms with Gasteiger partial charge in [0.05, 0.1) is 0 Å². The molecule has 0 atom stereocenters. The van der Waals surface area contributed by atoms with Gasteiger partial charge in [-0.05, 0) is 42.7 Å². The van der Waals surface area contributed by atoms with Crippen molar-refractivity contribution in [3.63, 3.8) is 0 Å². The minimum Gasteiger partial charge on any atom is -0.454 e. The van der Waals surface area contributed by atoms with E-state index in [1.807, 2.05) is 42.6 Å². The van der Waals surface area contributed by atoms with Crippen molar-refractivity contribution < 1.29 is 9.47 Å². The topological polar surface area (TPSA) is 92.4 Å². The third-order valence-electron chi connectivity index (χ3n) is 5.07. The van der Waals surface area contributed by atoms with Crippen LogP contribution in [0.15, 0.2) is 53.6 Å². The Morgan fingerprint density at radius 1 is 1.13 bits per heavy atom. The number of pyridine rings is 1. The molecule has 0 fully saturated rings. The van der Waals surface area contributed by atoms with Gasteiger partial charge in [-0.1, -0.05) is 19.1 Å². The number of benzene rings is 1. The molecule has 1 aromatic carbocycles. The summed E-state index contributed by atoms with van der Waals surface area (Å²) in [5, 5.41) is 3.21. The van der Waals surface area contributed by atoms with Gasteiger partial charge in [-0.15, -0.1) is 0 Å². The number of aromatic nitrogens is 3. The number of anilines is 2. The van der Waals surface area contributed by atoms with E-state index in [4.69, 9.17) is 9.47 Å². The van der Waals surface area contributed by atoms with Crippen LogP contribution in [0.2, 0.25) is 0 Å². The highest BCUT2D eigenvalue weighted by Gasteiger charge is 2.14. The maximum atomic E-state index is 12.5. The van der Waals surface area contributed by atoms with Gasteiger partial charge in [-0.2, -0.15) is 0 Å². The fraction of sp³-hybridized carbons (Fsp3) is 0.348. The van der Waals surface area contributed by atoms with E-state index >= 15 is 0 Å². The quantitative estimate of drug-likeness (QED) is 0.486. The van der Waals surface area contributed by atoms with Gasteiger partial charge in [0.1, 0.15) is 5.82 Å². The number of hydrogen-bond donors (Lipinski definition) is 2. The Bertz CT molecular complexity index is 1050. The SMILES string of the molecule is CCCN(CCCNc1ncc(Cc2ccc3c(c2)OCO3)c(=O)[nH]1)c1ccccn1. The number of ether oxygens (including phenoxy) is 2. The van der Waals surface area contributed by atoms with Crippen LogP contribution < -0.4 is 25.2 Å². The van der Waals surface area contributed by atoms with Gasteiger partial charge in [0, 0.05) is 44.0 Å². The number of hydrogen-bond acceptors (Lipinski definition) is 7. The smallest absolute Gasteiger partial charge is 0.255 e. The lowest BCUT2D eigenvalue weighted by atomic mass is 10.1. The van der Waals surface area contributed by atoms with Crippen LogP contribution in [0.4, 0.5) is 11.8 Å². The molecule has 8 heteroatoms. The first kappa shape index (κ1) is 20.7. The molecule has 0 saturated heterocycles. The van der Waals surface area contributed by atoms with E-state index in [2.05, 4.69) is 32.1 Å². The summed E-state index contributed by atoms with van der Waals surface area (Å²) < 4.78 is 10.7. The van der Waals surface area contributed by atoms with E-state index < -0.39 is 0 Å². The minimum absolute atomic E-state index is 0.142. The third-order valence-corrected chi connectivity index (χ3v) is 5.07. The van der Waals surface area contributed by atoms with Crippen molar-refractivity contribution in [2.24, 2.45) is 0 Å². The van der Waals surface area contributed by atoms with Gasteiger partial charge in [0.25, 0.3) is 5.56 Å². The molecule has 0 bridgehead atoms. The van der Waals surface area contributed by atoms with Crippen LogP contribution in [-0.4, -0.2) is 41.4 Å². The lowest BCUT2D eigenvalue weighted by Gasteiger charge is -2.23. The first-order valence-electron chi connectivity index (χ1n) is 10.6. The zero-order valence-corrected chi connectivity index (χ0v) is 17.6. The summed E-state index contributed by atoms with van der Waals surface area (Å²) in [4.78, 5) is 26.4. The van der Waals surface area contributed by atoms with Crippen LogP contribution in [0, 0.1) is 0 Å². The maximum absolute atomic E-state index is 12.5. The zero-order chi connectivity index (χ0) is 21.5. The van der Waals surface area contributed by atoms with E-state index in [0.717, 1.165) is 43.1 Å². The predicted molar refractivity (Wildman–Crippen MR) is 120 cm³/mol. The number of H-pyrrole nitrogens is 1. The summed E-state index contributed by atoms with van der Waals surface area (Å²) in [7, 11) is 0. The number of nitrogens with one attached hydrogen (secondary N) is 2. The first-order chi connectivity index (χ1) is 15.2. The largest absolute Gasteiger partial charge is 0.454 e. The van der Waals surface area contributed by atoms with Crippen LogP contribution in [0.1, 0.15) is 30.9 Å². The lowest BCUT2D eigenvalue weighted by molar-refractivity contribution is 0.174. The molecule has 0 spiro atoms. The molecule has 162 valence electrons. The summed E-state index contributed by atoms with van der Waals surface area (Å²) in [6, 6.07) is 11.7. The molecule has 1 aliphatic heterocycles. The van der Waals surface area contributed by atoms with Gasteiger partial charge < -0.3 is 19.7 Å². The van der Waals surface area contributed by atoms with Crippen molar-refractivity contribution in [1.29, 1.82) is 0 Å². The van der Waals surface area contributed by atoms with Crippen molar-refractivity contribution >= 4 is 11.8 Å². The lowest BCUT2D eigenvalue weighted by Crippen LogP contribution is -2.27. The molecule has 0 unspecified atom stereocenters. The van der Waals surface area contributed by atoms with Crippen molar-refractivity contribution in [2.75, 3.05) is 36.6 Å². The molecule has 0 saturated carbocycles. The van der Waals surface area contributed by atoms with Crippen molar-refractivity contribution in [1.82, 2.24) is 15.0 Å². The van der Waals surface area contributed by atoms with Gasteiger partial charge in [0.15, 0.2) is 11.5 Å². The Morgan fingerprint density at radius 2 is 2.03 bits per heavy atom. The van der Waals surface area contributed by atoms with Crippen molar-refractivity contribution in [2.45, 2.75) is 26.2 Å². The molecule has 0 radical (unpaired) electrons. The molecule has 4 rings (SSSR count). The molecule has 3 heterocycles. The van der Waals surface area contributed by atoms with Crippen LogP contribution in [0.5, 0.6) is 11.5 Å². The molecule has 3 aromatic rings. The van der Waals surface area contributed by atoms with Gasteiger partial charge in [0.2, 0.25) is 12.7 Å². The monoisotopic (exact) mass is 421 g/mol. The first-order valence-corrected chi connectivity index (χ1v) is 10.6. The van der Waals surface area contributed by atoms with Gasteiger partial charge in [-0.25, -0.2) is 9.97 Å². The molecule has 1 aliphatic rings. The summed E-state index contributed by atoms with van der Waals surface area (Å²) in [6.45, 7) is 4.94. The Balaban J connectivity index is 1.30. The molecule has 0 amide bonds. The molecule has 8 nitrogen and oxygen atoms in total. The molecular weight excluding hydrogens is 394 g/mol. The van der Waals surface area contributed by atoms with Crippen LogP contribution >= 0.6 is 0 Å². The Morgan fingerprint density at radius 3 is 2.84 bits per heavy atom. The molecule has 2 aromatic heterocycles. The number of aromatic amines is 1. The standard InChI is InChI=1S/C23H27N5O3/c1-2-11-28(21-6-3-4-9-24-21)12-5-10-25-23-26-15-18(22(29)27-23)13-17-7-8-19-20(14-17)31-16-30-19/h3-4,6-9,14-15H,2,5,10-13,16H2,1H3,(H2,25,26,27,29). The Hall–Kier alpha value is -3.55. The van der Waals surface area contributed by atoms with Crippen LogP contribution in [0.3, 0.4) is 0 Å². The second kappa shape index (κ2) is 9.97. The van der Waals surface area contributed by atoms with Crippen molar-refractivity contribution in [3.8, 4) is 11.5 Å². The molecule has 0 aliphatic carbocycles. The molecule has 2 N–H and O–H groups in total. The fourth-order valence-electron chi connectivity index (χ4n) is 3.54. The maximum Gasteiger partial charge on any atom is 0.255 e. The minimum atomic E-state index is -0.142. The normalized spacial score (nSPS) is 12.0. The fourth-order valence-corrected chi connectivity index (χ4v) is 3.54. The highest BCUT2D eigenvalue weighted by molar-refractivity contribution is 5.45. The average molecular weight is 422 g/mol. The Labute approximate surface area is 181 Å². The molecule has 31 heavy (non-hydrogen) atoms. The summed E-state index contributed by atoms with van der Waals surface area (Å²) >= 11 is 0. The van der Waals surface area contributed by atoms with Gasteiger partial charge in [-0.3, -0.25) is 9.78 Å².